The van der Waals surface area contributed by atoms with Crippen LogP contribution in [0, 0.1) is 11.1 Å². The van der Waals surface area contributed by atoms with E-state index in [1.165, 1.54) is 21.6 Å². The number of amides is 4. The Morgan fingerprint density at radius 1 is 0.463 bits per heavy atom. The van der Waals surface area contributed by atoms with E-state index in [9.17, 15) is 19.2 Å². The van der Waals surface area contributed by atoms with Crippen molar-refractivity contribution >= 4 is 23.6 Å². The first-order chi connectivity index (χ1) is 38.6. The van der Waals surface area contributed by atoms with Crippen LogP contribution < -0.4 is 57.1 Å². The van der Waals surface area contributed by atoms with Gasteiger partial charge in [-0.1, -0.05) is 192 Å². The van der Waals surface area contributed by atoms with E-state index in [1.54, 1.807) is 48.5 Å². The standard InChI is InChI=1S/C17H15NO3.C13H21NO.C10H14O.C9H13NO.C8H5NO2.C6H15NO.K.H2N2.H2/c19-16-14-8-4-5-9-15(14)17(20)18(16)10-11-21-12-13-6-2-1-3-7-13;1-3-14(4-2)10-11-15-12-13-8-6-5-7-9-13;1-2-8-11-9-10-6-4-3-5-7-10;10-6-7-11-8-9-4-2-1-3-5-9;10-7-5-3-1-2-4-6(5)8(11)9-7;1-3-7(4-2)5-6-8;;1-2;/h1-9H,10-12H2;5-9H,3-4,10-12H2,1-2H3;3-7H,2,8-9H2,1H3;1-5H,6-8,10H2;1-4H,(H,9,10,11);8H,3-6H2,1-2H3;;1-2H;1H/q;;;;;;+1;;/p-1. The van der Waals surface area contributed by atoms with Crippen molar-refractivity contribution in [2.24, 2.45) is 5.73 Å². The number of hydrogen-bond donors (Lipinski definition) is 4. The largest absolute Gasteiger partial charge is 1.00 e. The molecule has 0 saturated heterocycles. The van der Waals surface area contributed by atoms with E-state index in [2.05, 4.69) is 74.0 Å². The molecule has 17 heteroatoms. The van der Waals surface area contributed by atoms with Crippen LogP contribution in [0.4, 0.5) is 0 Å². The number of benzene rings is 6. The van der Waals surface area contributed by atoms with Gasteiger partial charge in [0.15, 0.2) is 0 Å². The zero-order valence-corrected chi connectivity index (χ0v) is 51.1. The SMILES string of the molecule is CCCOCc1ccccc1.CCN(CC)CCO.CCN(CC)CCOCc1ccccc1.N=N.NCCOCc1ccccc1.O=C1[N-]C(=O)c2ccccc21.O=C1c2ccccc2C(=O)N1CCOCc1ccccc1.[HH].[K+]. The molecule has 0 unspecified atom stereocenters. The Balaban J connectivity index is 0.000000964. The van der Waals surface area contributed by atoms with Gasteiger partial charge in [-0.15, -0.1) is 0 Å². The van der Waals surface area contributed by atoms with Gasteiger partial charge in [0.05, 0.1) is 82.3 Å². The number of nitrogens with zero attached hydrogens (tertiary/aromatic N) is 4. The quantitative estimate of drug-likeness (QED) is 0.0194. The van der Waals surface area contributed by atoms with E-state index in [4.69, 9.17) is 40.8 Å². The molecule has 0 saturated carbocycles. The van der Waals surface area contributed by atoms with Gasteiger partial charge >= 0.3 is 51.4 Å². The smallest absolute Gasteiger partial charge is 0.587 e. The van der Waals surface area contributed by atoms with Gasteiger partial charge in [0, 0.05) is 38.8 Å². The maximum absolute atomic E-state index is 12.1. The minimum Gasteiger partial charge on any atom is -0.587 e. The number of imide groups is 2. The summed E-state index contributed by atoms with van der Waals surface area (Å²) in [6, 6.07) is 53.9. The van der Waals surface area contributed by atoms with Crippen LogP contribution in [-0.4, -0.2) is 129 Å². The normalized spacial score (nSPS) is 11.4. The Labute approximate surface area is 519 Å². The number of aliphatic hydroxyl groups excluding tert-OH is 1. The third-order valence-electron chi connectivity index (χ3n) is 11.7. The zero-order valence-electron chi connectivity index (χ0n) is 48.0. The summed E-state index contributed by atoms with van der Waals surface area (Å²) in [6.07, 6.45) is 1.09. The van der Waals surface area contributed by atoms with Gasteiger partial charge in [-0.25, -0.2) is 11.1 Å². The fraction of sp³-hybridized carbons (Fsp3) is 0.365. The minimum atomic E-state index is -0.425. The fourth-order valence-corrected chi connectivity index (χ4v) is 7.37. The summed E-state index contributed by atoms with van der Waals surface area (Å²) < 4.78 is 21.8. The monoisotopic (exact) mass is 1120 g/mol. The average molecular weight is 1120 g/mol. The molecule has 0 bridgehead atoms. The van der Waals surface area contributed by atoms with E-state index in [0.717, 1.165) is 77.7 Å². The van der Waals surface area contributed by atoms with Crippen molar-refractivity contribution in [3.05, 3.63) is 220 Å². The Morgan fingerprint density at radius 2 is 0.775 bits per heavy atom. The first kappa shape index (κ1) is 72.5. The Bertz CT molecular complexity index is 2420. The molecule has 0 spiro atoms. The van der Waals surface area contributed by atoms with Crippen LogP contribution in [0.5, 0.6) is 0 Å². The molecule has 8 rings (SSSR count). The Morgan fingerprint density at radius 3 is 1.10 bits per heavy atom. The summed E-state index contributed by atoms with van der Waals surface area (Å²) in [5.74, 6) is -1.32. The van der Waals surface area contributed by atoms with Crippen molar-refractivity contribution in [1.29, 1.82) is 11.1 Å². The van der Waals surface area contributed by atoms with Crippen molar-refractivity contribution in [1.82, 2.24) is 14.7 Å². The molecular weight excluding hydrogens is 1040 g/mol. The van der Waals surface area contributed by atoms with Crippen LogP contribution in [0.2, 0.25) is 0 Å². The molecule has 80 heavy (non-hydrogen) atoms. The molecule has 2 aliphatic rings. The molecule has 2 heterocycles. The number of nitrogens with one attached hydrogen (secondary N) is 2. The summed E-state index contributed by atoms with van der Waals surface area (Å²) in [5.41, 5.74) is 21.8. The molecule has 0 atom stereocenters. The van der Waals surface area contributed by atoms with E-state index in [1.807, 2.05) is 97.1 Å². The predicted octanol–water partition coefficient (Wildman–Crippen LogP) is 8.34. The van der Waals surface area contributed by atoms with E-state index >= 15 is 0 Å². The summed E-state index contributed by atoms with van der Waals surface area (Å²) in [4.78, 5) is 51.8. The fourth-order valence-electron chi connectivity index (χ4n) is 7.37. The minimum absolute atomic E-state index is 0. The second-order valence-corrected chi connectivity index (χ2v) is 17.3. The predicted molar refractivity (Wildman–Crippen MR) is 314 cm³/mol. The number of rotatable bonds is 24. The molecule has 6 aromatic carbocycles. The van der Waals surface area contributed by atoms with Crippen LogP contribution in [0.1, 0.15) is 106 Å². The third kappa shape index (κ3) is 29.8. The molecular formula is C63H86KN7O9. The van der Waals surface area contributed by atoms with Crippen LogP contribution in [0.15, 0.2) is 170 Å². The van der Waals surface area contributed by atoms with E-state index in [-0.39, 0.29) is 77.8 Å². The third-order valence-corrected chi connectivity index (χ3v) is 11.7. The molecule has 0 aromatic heterocycles. The van der Waals surface area contributed by atoms with Gasteiger partial charge < -0.3 is 54.5 Å². The first-order valence-electron chi connectivity index (χ1n) is 27.0. The maximum Gasteiger partial charge on any atom is 1.00 e. The van der Waals surface area contributed by atoms with Crippen LogP contribution >= 0.6 is 0 Å². The Kier molecular flexibility index (Phi) is 42.8. The first-order valence-corrected chi connectivity index (χ1v) is 27.0. The molecule has 0 fully saturated rings. The van der Waals surface area contributed by atoms with Crippen molar-refractivity contribution in [2.75, 3.05) is 85.4 Å². The van der Waals surface area contributed by atoms with Gasteiger partial charge in [-0.3, -0.25) is 14.5 Å². The van der Waals surface area contributed by atoms with Crippen LogP contribution in [-0.2, 0) is 45.4 Å². The van der Waals surface area contributed by atoms with Crippen molar-refractivity contribution < 1.29 is 96.0 Å². The van der Waals surface area contributed by atoms with Gasteiger partial charge in [0.1, 0.15) is 0 Å². The summed E-state index contributed by atoms with van der Waals surface area (Å²) in [5, 5.41) is 11.7. The number of nitrogens with two attached hydrogens (primary N) is 1. The number of carbonyl (C=O) groups excluding carboxylic acids is 4. The van der Waals surface area contributed by atoms with Crippen molar-refractivity contribution in [3.8, 4) is 0 Å². The second kappa shape index (κ2) is 47.2. The molecule has 6 aromatic rings. The molecule has 4 amide bonds. The Hall–Kier alpha value is -5.48. The number of ether oxygens (including phenoxy) is 4. The summed E-state index contributed by atoms with van der Waals surface area (Å²) >= 11 is 0. The average Bonchev–Trinajstić information content (AvgIpc) is 3.97. The molecule has 2 aliphatic heterocycles. The summed E-state index contributed by atoms with van der Waals surface area (Å²) in [7, 11) is 0. The van der Waals surface area contributed by atoms with Crippen molar-refractivity contribution in [3.63, 3.8) is 0 Å². The van der Waals surface area contributed by atoms with E-state index in [0.29, 0.717) is 55.2 Å². The van der Waals surface area contributed by atoms with Gasteiger partial charge in [-0.2, -0.15) is 0 Å². The second-order valence-electron chi connectivity index (χ2n) is 17.3. The number of likely N-dealkylation sites (N-methyl/N-ethyl adjacent to an activating group) is 2. The number of hydrogen-bond acceptors (Lipinski definition) is 14. The zero-order chi connectivity index (χ0) is 57.7. The molecule has 5 N–H and O–H groups in total. The van der Waals surface area contributed by atoms with Crippen LogP contribution in [0.3, 0.4) is 0 Å². The molecule has 428 valence electrons. The van der Waals surface area contributed by atoms with Crippen LogP contribution in [0.25, 0.3) is 5.32 Å². The maximum atomic E-state index is 12.1. The topological polar surface area (TPSA) is 223 Å². The van der Waals surface area contributed by atoms with Gasteiger partial charge in [0.2, 0.25) is 0 Å². The number of carbonyl (C=O) groups is 4. The van der Waals surface area contributed by atoms with Gasteiger partial charge in [-0.05, 0) is 67.0 Å². The van der Waals surface area contributed by atoms with Gasteiger partial charge in [0.25, 0.3) is 11.8 Å². The summed E-state index contributed by atoms with van der Waals surface area (Å²) in [6.45, 7) is 23.2. The molecule has 0 radical (unpaired) electrons. The number of aliphatic hydroxyl groups is 1. The number of fused-ring (bicyclic) bond motifs is 2. The van der Waals surface area contributed by atoms with E-state index < -0.39 is 11.8 Å². The van der Waals surface area contributed by atoms with Crippen molar-refractivity contribution in [2.45, 2.75) is 67.5 Å². The molecule has 0 aliphatic carbocycles. The molecule has 16 nitrogen and oxygen atoms in total.